The minimum Gasteiger partial charge on any atom is -0.483 e. The Hall–Kier alpha value is 0.720. The lowest BCUT2D eigenvalue weighted by molar-refractivity contribution is -0.148. The maximum absolute atomic E-state index is 11.2. The van der Waals surface area contributed by atoms with Gasteiger partial charge < -0.3 is 14.2 Å². The lowest BCUT2D eigenvalue weighted by Crippen LogP contribution is -2.22. The Bertz CT molecular complexity index is 251. The molecule has 0 aliphatic rings. The number of thiocarbonyl (C=S) groups is 1. The Morgan fingerprint density at radius 3 is 2.05 bits per heavy atom. The zero-order chi connectivity index (χ0) is 14.7. The van der Waals surface area contributed by atoms with Crippen LogP contribution < -0.4 is 0 Å². The van der Waals surface area contributed by atoms with Gasteiger partial charge in [-0.3, -0.25) is 0 Å². The van der Waals surface area contributed by atoms with Gasteiger partial charge in [-0.15, -0.1) is 0 Å². The van der Waals surface area contributed by atoms with Crippen LogP contribution >= 0.6 is 62.7 Å². The first-order valence-electron chi connectivity index (χ1n) is 5.46. The van der Waals surface area contributed by atoms with Crippen molar-refractivity contribution in [2.75, 3.05) is 37.9 Å². The van der Waals surface area contributed by atoms with E-state index in [-0.39, 0.29) is 35.4 Å². The first kappa shape index (κ1) is 19.7. The molecule has 0 spiro atoms. The summed E-state index contributed by atoms with van der Waals surface area (Å²) >= 11 is 21.3. The van der Waals surface area contributed by atoms with Crippen molar-refractivity contribution in [2.24, 2.45) is 0 Å². The van der Waals surface area contributed by atoms with Crippen LogP contribution in [0.15, 0.2) is 0 Å². The van der Waals surface area contributed by atoms with Crippen LogP contribution in [-0.4, -0.2) is 59.5 Å². The van der Waals surface area contributed by atoms with E-state index in [1.807, 2.05) is 0 Å². The molecule has 0 aliphatic heterocycles. The average molecular weight is 363 g/mol. The lowest BCUT2D eigenvalue weighted by atomic mass is 10.5. The fourth-order valence-electron chi connectivity index (χ4n) is 0.785. The minimum atomic E-state index is -0.467. The molecule has 0 aliphatic carbocycles. The van der Waals surface area contributed by atoms with E-state index >= 15 is 0 Å². The van der Waals surface area contributed by atoms with Crippen molar-refractivity contribution in [3.63, 3.8) is 0 Å². The smallest absolute Gasteiger partial charge is 0.332 e. The van der Waals surface area contributed by atoms with E-state index in [2.05, 4.69) is 50.5 Å². The van der Waals surface area contributed by atoms with Gasteiger partial charge in [-0.25, -0.2) is 4.79 Å². The number of carbonyl (C=O) groups excluding carboxylic acids is 1. The normalized spacial score (nSPS) is 13.7. The Morgan fingerprint density at radius 2 is 1.53 bits per heavy atom. The molecule has 4 nitrogen and oxygen atoms in total. The molecule has 0 bridgehead atoms. The standard InChI is InChI=1S/C10H18O4S5/c11-9(13-1-7(17)5-15)3-12-4-10(19)14-2-8(18)6-16/h7-8,15-18H,1-6H2. The van der Waals surface area contributed by atoms with Crippen molar-refractivity contribution in [3.8, 4) is 0 Å². The van der Waals surface area contributed by atoms with E-state index in [1.165, 1.54) is 0 Å². The van der Waals surface area contributed by atoms with Gasteiger partial charge in [0.05, 0.1) is 0 Å². The van der Waals surface area contributed by atoms with Gasteiger partial charge >= 0.3 is 5.97 Å². The largest absolute Gasteiger partial charge is 0.483 e. The Kier molecular flexibility index (Phi) is 12.9. The molecule has 0 saturated heterocycles. The molecule has 0 rings (SSSR count). The summed E-state index contributed by atoms with van der Waals surface area (Å²) < 4.78 is 15.2. The molecule has 0 N–H and O–H groups in total. The Morgan fingerprint density at radius 1 is 1.00 bits per heavy atom. The van der Waals surface area contributed by atoms with E-state index in [0.29, 0.717) is 18.1 Å². The molecule has 0 fully saturated rings. The maximum Gasteiger partial charge on any atom is 0.332 e. The molecule has 0 aromatic rings. The summed E-state index contributed by atoms with van der Waals surface area (Å²) in [4.78, 5) is 11.2. The van der Waals surface area contributed by atoms with Gasteiger partial charge in [0.1, 0.15) is 26.4 Å². The Balaban J connectivity index is 3.56. The molecule has 0 radical (unpaired) electrons. The van der Waals surface area contributed by atoms with Gasteiger partial charge in [0.2, 0.25) is 0 Å². The third-order valence-corrected chi connectivity index (χ3v) is 4.09. The van der Waals surface area contributed by atoms with Crippen LogP contribution in [-0.2, 0) is 19.0 Å². The third kappa shape index (κ3) is 12.2. The summed E-state index contributed by atoms with van der Waals surface area (Å²) in [7, 11) is 0. The van der Waals surface area contributed by atoms with Gasteiger partial charge in [-0.1, -0.05) is 0 Å². The summed E-state index contributed by atoms with van der Waals surface area (Å²) in [5.41, 5.74) is 0. The van der Waals surface area contributed by atoms with Crippen LogP contribution in [0.5, 0.6) is 0 Å². The number of hydrogen-bond acceptors (Lipinski definition) is 9. The molecule has 112 valence electrons. The van der Waals surface area contributed by atoms with Crippen LogP contribution in [0.4, 0.5) is 0 Å². The van der Waals surface area contributed by atoms with Gasteiger partial charge in [-0.2, -0.15) is 50.5 Å². The summed E-state index contributed by atoms with van der Waals surface area (Å²) in [6.45, 7) is 0.462. The quantitative estimate of drug-likeness (QED) is 0.268. The van der Waals surface area contributed by atoms with Crippen molar-refractivity contribution in [1.82, 2.24) is 0 Å². The van der Waals surface area contributed by atoms with E-state index in [1.54, 1.807) is 0 Å². The molecule has 2 unspecified atom stereocenters. The maximum atomic E-state index is 11.2. The van der Waals surface area contributed by atoms with Gasteiger partial charge in [0.25, 0.3) is 0 Å². The second kappa shape index (κ2) is 12.5. The number of thiol groups is 4. The first-order valence-corrected chi connectivity index (χ1v) is 8.17. The first-order chi connectivity index (χ1) is 8.99. The van der Waals surface area contributed by atoms with Crippen LogP contribution in [0.2, 0.25) is 0 Å². The molecule has 0 aromatic heterocycles. The van der Waals surface area contributed by atoms with E-state index in [4.69, 9.17) is 26.4 Å². The number of rotatable bonds is 10. The topological polar surface area (TPSA) is 44.8 Å². The number of hydrogen-bond donors (Lipinski definition) is 4. The molecule has 0 aromatic carbocycles. The highest BCUT2D eigenvalue weighted by molar-refractivity contribution is 7.85. The second-order valence-electron chi connectivity index (χ2n) is 3.53. The van der Waals surface area contributed by atoms with Crippen molar-refractivity contribution < 1.29 is 19.0 Å². The predicted molar refractivity (Wildman–Crippen MR) is 93.6 cm³/mol. The summed E-state index contributed by atoms with van der Waals surface area (Å²) in [5, 5.41) is 0.209. The molecule has 0 amide bonds. The summed E-state index contributed by atoms with van der Waals surface area (Å²) in [6, 6.07) is 0. The van der Waals surface area contributed by atoms with Crippen molar-refractivity contribution in [3.05, 3.63) is 0 Å². The van der Waals surface area contributed by atoms with Crippen molar-refractivity contribution >= 4 is 73.8 Å². The molecule has 0 heterocycles. The number of carbonyl (C=O) groups is 1. The van der Waals surface area contributed by atoms with Gasteiger partial charge in [0.15, 0.2) is 5.05 Å². The van der Waals surface area contributed by atoms with Gasteiger partial charge in [0, 0.05) is 22.0 Å². The monoisotopic (exact) mass is 362 g/mol. The SMILES string of the molecule is O=C(COCC(=S)OCC(S)CS)OCC(S)CS. The van der Waals surface area contributed by atoms with Gasteiger partial charge in [-0.05, 0) is 12.2 Å². The van der Waals surface area contributed by atoms with Crippen molar-refractivity contribution in [1.29, 1.82) is 0 Å². The molecular weight excluding hydrogens is 344 g/mol. The highest BCUT2D eigenvalue weighted by Crippen LogP contribution is 2.00. The van der Waals surface area contributed by atoms with E-state index in [9.17, 15) is 4.79 Å². The van der Waals surface area contributed by atoms with Crippen LogP contribution in [0, 0.1) is 0 Å². The van der Waals surface area contributed by atoms with E-state index < -0.39 is 5.97 Å². The zero-order valence-corrected chi connectivity index (χ0v) is 14.6. The van der Waals surface area contributed by atoms with Crippen LogP contribution in [0.1, 0.15) is 0 Å². The lowest BCUT2D eigenvalue weighted by Gasteiger charge is -2.11. The molecule has 9 heteroatoms. The number of ether oxygens (including phenoxy) is 3. The summed E-state index contributed by atoms with van der Waals surface area (Å²) in [5.74, 6) is 0.659. The molecule has 2 atom stereocenters. The second-order valence-corrected chi connectivity index (χ2v) is 6.18. The minimum absolute atomic E-state index is 0.0137. The average Bonchev–Trinajstić information content (AvgIpc) is 2.41. The fourth-order valence-corrected chi connectivity index (χ4v) is 1.30. The van der Waals surface area contributed by atoms with Crippen LogP contribution in [0.25, 0.3) is 0 Å². The molecule has 0 saturated carbocycles. The van der Waals surface area contributed by atoms with Crippen LogP contribution in [0.3, 0.4) is 0 Å². The molecule has 19 heavy (non-hydrogen) atoms. The van der Waals surface area contributed by atoms with Crippen molar-refractivity contribution in [2.45, 2.75) is 10.5 Å². The number of esters is 1. The fraction of sp³-hybridized carbons (Fsp3) is 0.800. The highest BCUT2D eigenvalue weighted by atomic mass is 32.1. The molecular formula is C10H18O4S5. The third-order valence-electron chi connectivity index (χ3n) is 1.73. The predicted octanol–water partition coefficient (Wildman–Crippen LogP) is 1.35. The zero-order valence-electron chi connectivity index (χ0n) is 10.2. The summed E-state index contributed by atoms with van der Waals surface area (Å²) in [6.07, 6.45) is 0. The van der Waals surface area contributed by atoms with E-state index in [0.717, 1.165) is 0 Å². The Labute approximate surface area is 141 Å². The highest BCUT2D eigenvalue weighted by Gasteiger charge is 2.08.